The molecule has 1 rings (SSSR count). The van der Waals surface area contributed by atoms with Gasteiger partial charge in [0.05, 0.1) is 6.10 Å². The van der Waals surface area contributed by atoms with E-state index in [4.69, 9.17) is 5.11 Å². The third-order valence-corrected chi connectivity index (χ3v) is 1.59. The van der Waals surface area contributed by atoms with Crippen molar-refractivity contribution in [2.45, 2.75) is 13.0 Å². The van der Waals surface area contributed by atoms with Gasteiger partial charge < -0.3 is 5.11 Å². The summed E-state index contributed by atoms with van der Waals surface area (Å²) in [5, 5.41) is 8.93. The summed E-state index contributed by atoms with van der Waals surface area (Å²) in [5.41, 5.74) is 1.16. The van der Waals surface area contributed by atoms with Crippen LogP contribution in [-0.4, -0.2) is 11.2 Å². The molecule has 1 N–H and O–H groups in total. The summed E-state index contributed by atoms with van der Waals surface area (Å²) in [4.78, 5) is 0. The highest BCUT2D eigenvalue weighted by Gasteiger charge is 1.82. The quantitative estimate of drug-likeness (QED) is 0.698. The van der Waals surface area contributed by atoms with Gasteiger partial charge in [-0.2, -0.15) is 0 Å². The molecule has 13 heavy (non-hydrogen) atoms. The van der Waals surface area contributed by atoms with Crippen molar-refractivity contribution in [3.8, 4) is 0 Å². The molecule has 0 bridgehead atoms. The second kappa shape index (κ2) is 5.33. The summed E-state index contributed by atoms with van der Waals surface area (Å²) in [6, 6.07) is 10.1. The predicted octanol–water partition coefficient (Wildman–Crippen LogP) is 2.64. The normalized spacial score (nSPS) is 14.0. The van der Waals surface area contributed by atoms with E-state index in [9.17, 15) is 0 Å². The molecule has 0 aromatic heterocycles. The number of aliphatic hydroxyl groups excluding tert-OH is 1. The van der Waals surface area contributed by atoms with E-state index < -0.39 is 0 Å². The fourth-order valence-corrected chi connectivity index (χ4v) is 0.956. The molecule has 1 aromatic carbocycles. The Morgan fingerprint density at radius 1 is 1.15 bits per heavy atom. The Labute approximate surface area is 79.0 Å². The van der Waals surface area contributed by atoms with Crippen molar-refractivity contribution in [2.75, 3.05) is 0 Å². The fourth-order valence-electron chi connectivity index (χ4n) is 0.956. The molecule has 1 nitrogen and oxygen atoms in total. The standard InChI is InChI=1S/C12H14O/c1-11(13)7-5-6-10-12-8-3-2-4-9-12/h2-11,13H,1H3/b7-5-,10-6+/t11-/m0/s1. The van der Waals surface area contributed by atoms with Crippen LogP contribution in [0.3, 0.4) is 0 Å². The van der Waals surface area contributed by atoms with Gasteiger partial charge >= 0.3 is 0 Å². The van der Waals surface area contributed by atoms with Crippen molar-refractivity contribution in [2.24, 2.45) is 0 Å². The van der Waals surface area contributed by atoms with Crippen LogP contribution in [0.25, 0.3) is 6.08 Å². The van der Waals surface area contributed by atoms with E-state index in [1.54, 1.807) is 13.0 Å². The van der Waals surface area contributed by atoms with Gasteiger partial charge in [0, 0.05) is 0 Å². The zero-order valence-electron chi connectivity index (χ0n) is 7.72. The SMILES string of the molecule is C[C@H](O)/C=C\C=C\c1ccccc1. The molecule has 0 radical (unpaired) electrons. The van der Waals surface area contributed by atoms with Gasteiger partial charge in [0.2, 0.25) is 0 Å². The van der Waals surface area contributed by atoms with Gasteiger partial charge in [-0.1, -0.05) is 54.6 Å². The molecular formula is C12H14O. The molecule has 0 amide bonds. The van der Waals surface area contributed by atoms with E-state index >= 15 is 0 Å². The first-order valence-corrected chi connectivity index (χ1v) is 4.37. The maximum atomic E-state index is 8.93. The summed E-state index contributed by atoms with van der Waals surface area (Å²) in [6.45, 7) is 1.73. The molecule has 0 heterocycles. The van der Waals surface area contributed by atoms with Gasteiger partial charge in [0.15, 0.2) is 0 Å². The zero-order valence-corrected chi connectivity index (χ0v) is 7.72. The minimum absolute atomic E-state index is 0.375. The molecule has 0 aliphatic carbocycles. The summed E-state index contributed by atoms with van der Waals surface area (Å²) >= 11 is 0. The van der Waals surface area contributed by atoms with E-state index in [1.807, 2.05) is 48.6 Å². The Morgan fingerprint density at radius 2 is 1.85 bits per heavy atom. The van der Waals surface area contributed by atoms with Crippen molar-refractivity contribution in [1.82, 2.24) is 0 Å². The lowest BCUT2D eigenvalue weighted by molar-refractivity contribution is 0.244. The van der Waals surface area contributed by atoms with Gasteiger partial charge in [-0.3, -0.25) is 0 Å². The van der Waals surface area contributed by atoms with Crippen LogP contribution in [0.2, 0.25) is 0 Å². The van der Waals surface area contributed by atoms with Crippen LogP contribution in [0, 0.1) is 0 Å². The number of aliphatic hydroxyl groups is 1. The summed E-state index contributed by atoms with van der Waals surface area (Å²) < 4.78 is 0. The van der Waals surface area contributed by atoms with Crippen molar-refractivity contribution in [3.05, 3.63) is 54.1 Å². The van der Waals surface area contributed by atoms with Gasteiger partial charge in [0.1, 0.15) is 0 Å². The number of hydrogen-bond acceptors (Lipinski definition) is 1. The Balaban J connectivity index is 2.50. The maximum Gasteiger partial charge on any atom is 0.0695 e. The smallest absolute Gasteiger partial charge is 0.0695 e. The highest BCUT2D eigenvalue weighted by atomic mass is 16.3. The van der Waals surface area contributed by atoms with E-state index in [1.165, 1.54) is 0 Å². The van der Waals surface area contributed by atoms with Gasteiger partial charge in [-0.05, 0) is 12.5 Å². The monoisotopic (exact) mass is 174 g/mol. The van der Waals surface area contributed by atoms with Crippen LogP contribution in [0.1, 0.15) is 12.5 Å². The number of rotatable bonds is 3. The molecular weight excluding hydrogens is 160 g/mol. The van der Waals surface area contributed by atoms with Crippen LogP contribution >= 0.6 is 0 Å². The molecule has 68 valence electrons. The lowest BCUT2D eigenvalue weighted by Crippen LogP contribution is -1.90. The Morgan fingerprint density at radius 3 is 2.46 bits per heavy atom. The molecule has 1 aromatic rings. The average Bonchev–Trinajstić information content (AvgIpc) is 2.14. The predicted molar refractivity (Wildman–Crippen MR) is 56.3 cm³/mol. The van der Waals surface area contributed by atoms with Crippen LogP contribution in [0.5, 0.6) is 0 Å². The Bertz CT molecular complexity index is 283. The molecule has 0 unspecified atom stereocenters. The largest absolute Gasteiger partial charge is 0.389 e. The molecule has 1 heteroatoms. The average molecular weight is 174 g/mol. The molecule has 0 saturated heterocycles. The maximum absolute atomic E-state index is 8.93. The van der Waals surface area contributed by atoms with Gasteiger partial charge in [0.25, 0.3) is 0 Å². The van der Waals surface area contributed by atoms with Crippen molar-refractivity contribution >= 4 is 6.08 Å². The zero-order chi connectivity index (χ0) is 9.52. The lowest BCUT2D eigenvalue weighted by atomic mass is 10.2. The minimum Gasteiger partial charge on any atom is -0.389 e. The van der Waals surface area contributed by atoms with E-state index in [0.29, 0.717) is 0 Å². The third-order valence-electron chi connectivity index (χ3n) is 1.59. The minimum atomic E-state index is -0.375. The highest BCUT2D eigenvalue weighted by Crippen LogP contribution is 2.00. The highest BCUT2D eigenvalue weighted by molar-refractivity contribution is 5.50. The third kappa shape index (κ3) is 4.28. The van der Waals surface area contributed by atoms with Crippen LogP contribution in [0.4, 0.5) is 0 Å². The van der Waals surface area contributed by atoms with Gasteiger partial charge in [-0.15, -0.1) is 0 Å². The first-order valence-electron chi connectivity index (χ1n) is 4.37. The first kappa shape index (κ1) is 9.75. The summed E-state index contributed by atoms with van der Waals surface area (Å²) in [6.07, 6.45) is 7.12. The van der Waals surface area contributed by atoms with Crippen LogP contribution < -0.4 is 0 Å². The molecule has 0 spiro atoms. The number of hydrogen-bond donors (Lipinski definition) is 1. The second-order valence-electron chi connectivity index (χ2n) is 2.90. The summed E-state index contributed by atoms with van der Waals surface area (Å²) in [7, 11) is 0. The number of allylic oxidation sites excluding steroid dienone is 2. The topological polar surface area (TPSA) is 20.2 Å². The lowest BCUT2D eigenvalue weighted by Gasteiger charge is -1.90. The Kier molecular flexibility index (Phi) is 4.00. The Hall–Kier alpha value is -1.34. The van der Waals surface area contributed by atoms with Crippen LogP contribution in [-0.2, 0) is 0 Å². The first-order chi connectivity index (χ1) is 6.29. The molecule has 0 aliphatic heterocycles. The van der Waals surface area contributed by atoms with Crippen LogP contribution in [0.15, 0.2) is 48.6 Å². The summed E-state index contributed by atoms with van der Waals surface area (Å²) in [5.74, 6) is 0. The van der Waals surface area contributed by atoms with E-state index in [0.717, 1.165) is 5.56 Å². The van der Waals surface area contributed by atoms with E-state index in [-0.39, 0.29) is 6.10 Å². The van der Waals surface area contributed by atoms with Gasteiger partial charge in [-0.25, -0.2) is 0 Å². The molecule has 0 fully saturated rings. The van der Waals surface area contributed by atoms with E-state index in [2.05, 4.69) is 0 Å². The fraction of sp³-hybridized carbons (Fsp3) is 0.167. The van der Waals surface area contributed by atoms with Crippen molar-refractivity contribution < 1.29 is 5.11 Å². The molecule has 1 atom stereocenters. The number of benzene rings is 1. The molecule has 0 saturated carbocycles. The molecule has 0 aliphatic rings. The second-order valence-corrected chi connectivity index (χ2v) is 2.90. The van der Waals surface area contributed by atoms with Crippen molar-refractivity contribution in [3.63, 3.8) is 0 Å². The van der Waals surface area contributed by atoms with Crippen molar-refractivity contribution in [1.29, 1.82) is 0 Å².